The van der Waals surface area contributed by atoms with Crippen LogP contribution in [-0.4, -0.2) is 28.7 Å². The Hall–Kier alpha value is -1.30. The van der Waals surface area contributed by atoms with Gasteiger partial charge in [-0.25, -0.2) is 9.18 Å². The molecule has 1 aliphatic heterocycles. The van der Waals surface area contributed by atoms with Gasteiger partial charge in [0.15, 0.2) is 11.8 Å². The van der Waals surface area contributed by atoms with Crippen LogP contribution in [0.2, 0.25) is 5.02 Å². The summed E-state index contributed by atoms with van der Waals surface area (Å²) in [5, 5.41) is 10.3. The van der Waals surface area contributed by atoms with Crippen LogP contribution in [0.4, 0.5) is 4.39 Å². The number of aliphatic carboxylic acids is 1. The Balaban J connectivity index is 2.44. The Morgan fingerprint density at radius 2 is 2.21 bits per heavy atom. The molecule has 1 aliphatic rings. The summed E-state index contributed by atoms with van der Waals surface area (Å²) in [5.74, 6) is -1.62. The summed E-state index contributed by atoms with van der Waals surface area (Å²) in [5.41, 5.74) is 0.342. The van der Waals surface area contributed by atoms with Crippen LogP contribution in [0.25, 0.3) is 5.76 Å². The average Bonchev–Trinajstić information content (AvgIpc) is 2.70. The maximum absolute atomic E-state index is 13.4. The lowest BCUT2D eigenvalue weighted by atomic mass is 10.1. The maximum Gasteiger partial charge on any atom is 0.330 e. The average molecular weight is 306 g/mol. The number of rotatable bonds is 3. The summed E-state index contributed by atoms with van der Waals surface area (Å²) in [7, 11) is 0. The van der Waals surface area contributed by atoms with Gasteiger partial charge in [-0.05, 0) is 25.1 Å². The van der Waals surface area contributed by atoms with Crippen molar-refractivity contribution in [2.24, 2.45) is 0 Å². The third-order valence-electron chi connectivity index (χ3n) is 2.68. The van der Waals surface area contributed by atoms with Crippen molar-refractivity contribution < 1.29 is 19.1 Å². The fourth-order valence-corrected chi connectivity index (χ4v) is 2.23. The maximum atomic E-state index is 13.4. The number of benzene rings is 1. The molecule has 0 spiro atoms. The van der Waals surface area contributed by atoms with Gasteiger partial charge in [-0.1, -0.05) is 23.2 Å². The van der Waals surface area contributed by atoms with Crippen LogP contribution in [-0.2, 0) is 9.63 Å². The molecule has 0 bridgehead atoms. The normalized spacial score (nSPS) is 19.7. The summed E-state index contributed by atoms with van der Waals surface area (Å²) < 4.78 is 13.4. The van der Waals surface area contributed by atoms with E-state index in [2.05, 4.69) is 0 Å². The number of hydroxylamine groups is 2. The van der Waals surface area contributed by atoms with Crippen molar-refractivity contribution in [3.8, 4) is 0 Å². The van der Waals surface area contributed by atoms with Gasteiger partial charge in [-0.15, -0.1) is 5.06 Å². The largest absolute Gasteiger partial charge is 0.480 e. The molecule has 1 aromatic carbocycles. The first-order valence-electron chi connectivity index (χ1n) is 5.48. The van der Waals surface area contributed by atoms with Crippen LogP contribution in [0.15, 0.2) is 23.2 Å². The highest BCUT2D eigenvalue weighted by atomic mass is 35.5. The van der Waals surface area contributed by atoms with E-state index in [0.717, 1.165) is 6.07 Å². The molecular formula is C12H10Cl2FNO3. The first-order chi connectivity index (χ1) is 8.95. The molecule has 2 rings (SSSR count). The molecule has 1 aromatic rings. The van der Waals surface area contributed by atoms with Gasteiger partial charge in [-0.3, -0.25) is 0 Å². The minimum Gasteiger partial charge on any atom is -0.480 e. The molecule has 0 radical (unpaired) electrons. The van der Waals surface area contributed by atoms with Crippen molar-refractivity contribution in [3.63, 3.8) is 0 Å². The Bertz CT molecular complexity index is 562. The Morgan fingerprint density at radius 3 is 2.68 bits per heavy atom. The van der Waals surface area contributed by atoms with Gasteiger partial charge in [0.2, 0.25) is 0 Å². The zero-order valence-electron chi connectivity index (χ0n) is 9.86. The van der Waals surface area contributed by atoms with Crippen LogP contribution in [0.1, 0.15) is 12.5 Å². The highest BCUT2D eigenvalue weighted by Crippen LogP contribution is 2.36. The summed E-state index contributed by atoms with van der Waals surface area (Å²) >= 11 is 11.6. The molecule has 0 aliphatic carbocycles. The van der Waals surface area contributed by atoms with Crippen molar-refractivity contribution in [1.29, 1.82) is 0 Å². The second-order valence-electron chi connectivity index (χ2n) is 3.87. The molecule has 0 fully saturated rings. The summed E-state index contributed by atoms with van der Waals surface area (Å²) in [6.07, 6.45) is 0. The highest BCUT2D eigenvalue weighted by Gasteiger charge is 2.39. The van der Waals surface area contributed by atoms with E-state index in [-0.39, 0.29) is 15.8 Å². The second-order valence-corrected chi connectivity index (χ2v) is 4.69. The fraction of sp³-hybridized carbons (Fsp3) is 0.250. The zero-order valence-corrected chi connectivity index (χ0v) is 11.4. The molecule has 0 amide bonds. The number of carboxylic acids is 1. The van der Waals surface area contributed by atoms with E-state index in [1.807, 2.05) is 0 Å². The first kappa shape index (κ1) is 14.1. The molecule has 1 heterocycles. The third kappa shape index (κ3) is 2.54. The van der Waals surface area contributed by atoms with Crippen molar-refractivity contribution in [2.75, 3.05) is 6.54 Å². The minimum atomic E-state index is -1.13. The van der Waals surface area contributed by atoms with Crippen molar-refractivity contribution in [3.05, 3.63) is 39.6 Å². The zero-order chi connectivity index (χ0) is 14.2. The number of likely N-dealkylation sites (N-methyl/N-ethyl adjacent to an activating group) is 1. The van der Waals surface area contributed by atoms with Gasteiger partial charge in [-0.2, -0.15) is 0 Å². The van der Waals surface area contributed by atoms with Gasteiger partial charge < -0.3 is 9.94 Å². The third-order valence-corrected chi connectivity index (χ3v) is 3.37. The van der Waals surface area contributed by atoms with Gasteiger partial charge >= 0.3 is 5.97 Å². The highest BCUT2D eigenvalue weighted by molar-refractivity contribution is 6.35. The Kier molecular flexibility index (Phi) is 3.99. The van der Waals surface area contributed by atoms with Gasteiger partial charge in [0.05, 0.1) is 10.1 Å². The lowest BCUT2D eigenvalue weighted by Crippen LogP contribution is -2.36. The predicted octanol–water partition coefficient (Wildman–Crippen LogP) is 3.11. The topological polar surface area (TPSA) is 49.8 Å². The predicted molar refractivity (Wildman–Crippen MR) is 69.1 cm³/mol. The van der Waals surface area contributed by atoms with Crippen molar-refractivity contribution in [2.45, 2.75) is 13.0 Å². The van der Waals surface area contributed by atoms with E-state index in [1.54, 1.807) is 6.92 Å². The van der Waals surface area contributed by atoms with E-state index >= 15 is 0 Å². The van der Waals surface area contributed by atoms with Crippen LogP contribution in [0.5, 0.6) is 0 Å². The van der Waals surface area contributed by atoms with E-state index in [1.165, 1.54) is 17.2 Å². The van der Waals surface area contributed by atoms with Crippen LogP contribution in [0.3, 0.4) is 0 Å². The van der Waals surface area contributed by atoms with Crippen LogP contribution >= 0.6 is 23.2 Å². The summed E-state index contributed by atoms with van der Waals surface area (Å²) in [6.45, 7) is 2.05. The quantitative estimate of drug-likeness (QED) is 0.932. The summed E-state index contributed by atoms with van der Waals surface area (Å²) in [6, 6.07) is 2.94. The molecule has 0 aromatic heterocycles. The number of nitrogens with zero attached hydrogens (tertiary/aromatic N) is 1. The molecule has 7 heteroatoms. The van der Waals surface area contributed by atoms with Crippen LogP contribution in [0, 0.1) is 5.82 Å². The number of hydrogen-bond acceptors (Lipinski definition) is 3. The molecule has 4 nitrogen and oxygen atoms in total. The van der Waals surface area contributed by atoms with E-state index in [0.29, 0.717) is 12.1 Å². The standard InChI is InChI=1S/C12H10Cl2FNO3/c1-2-16-10(12(17)18)9(14)11(19-16)6-3-4-7(13)8(15)5-6/h3-5,10H,2H2,1H3,(H,17,18). The molecule has 1 N–H and O–H groups in total. The lowest BCUT2D eigenvalue weighted by molar-refractivity contribution is -0.155. The fourth-order valence-electron chi connectivity index (χ4n) is 1.77. The number of halogens is 3. The Labute approximate surface area is 118 Å². The molecule has 19 heavy (non-hydrogen) atoms. The smallest absolute Gasteiger partial charge is 0.330 e. The Morgan fingerprint density at radius 1 is 1.53 bits per heavy atom. The molecule has 1 atom stereocenters. The van der Waals surface area contributed by atoms with Gasteiger partial charge in [0, 0.05) is 12.1 Å². The molecule has 1 unspecified atom stereocenters. The summed E-state index contributed by atoms with van der Waals surface area (Å²) in [4.78, 5) is 16.5. The lowest BCUT2D eigenvalue weighted by Gasteiger charge is -2.18. The number of carbonyl (C=O) groups is 1. The van der Waals surface area contributed by atoms with Gasteiger partial charge in [0.25, 0.3) is 0 Å². The molecular weight excluding hydrogens is 296 g/mol. The van der Waals surface area contributed by atoms with Crippen LogP contribution < -0.4 is 0 Å². The SMILES string of the molecule is CCN1OC(c2ccc(Cl)c(F)c2)=C(Cl)C1C(=O)O. The van der Waals surface area contributed by atoms with E-state index in [9.17, 15) is 9.18 Å². The monoisotopic (exact) mass is 305 g/mol. The number of carboxylic acid groups (broad SMARTS) is 1. The van der Waals surface area contributed by atoms with Crippen molar-refractivity contribution in [1.82, 2.24) is 5.06 Å². The minimum absolute atomic E-state index is 0.0103. The second kappa shape index (κ2) is 5.36. The van der Waals surface area contributed by atoms with Crippen molar-refractivity contribution >= 4 is 34.9 Å². The van der Waals surface area contributed by atoms with E-state index < -0.39 is 17.8 Å². The number of hydrogen-bond donors (Lipinski definition) is 1. The molecule has 102 valence electrons. The molecule has 0 saturated carbocycles. The molecule has 0 saturated heterocycles. The first-order valence-corrected chi connectivity index (χ1v) is 6.23. The van der Waals surface area contributed by atoms with Gasteiger partial charge in [0.1, 0.15) is 5.82 Å². The van der Waals surface area contributed by atoms with E-state index in [4.69, 9.17) is 33.1 Å².